The molecule has 0 bridgehead atoms. The molecule has 1 aliphatic rings. The highest BCUT2D eigenvalue weighted by molar-refractivity contribution is 6.30. The minimum absolute atomic E-state index is 0.00383. The van der Waals surface area contributed by atoms with Gasteiger partial charge in [0.2, 0.25) is 5.91 Å². The number of rotatable bonds is 7. The van der Waals surface area contributed by atoms with Crippen molar-refractivity contribution in [2.45, 2.75) is 25.0 Å². The van der Waals surface area contributed by atoms with Crippen LogP contribution in [0.5, 0.6) is 0 Å². The van der Waals surface area contributed by atoms with Gasteiger partial charge in [-0.2, -0.15) is 0 Å². The standard InChI is InChI=1S/C27H29ClN2O2/c28-24-13-11-21(12-14-24)26(20-7-3-1-4-8-20)29-25(31)19-30-17-15-23(16-18-30)27(32)22-9-5-2-6-10-22/h1-14,23,26-27,32H,15-19H2,(H,29,31). The Morgan fingerprint density at radius 3 is 2.00 bits per heavy atom. The zero-order valence-corrected chi connectivity index (χ0v) is 18.8. The molecule has 1 amide bonds. The van der Waals surface area contributed by atoms with Gasteiger partial charge in [0, 0.05) is 5.02 Å². The topological polar surface area (TPSA) is 52.6 Å². The quantitative estimate of drug-likeness (QED) is 0.535. The van der Waals surface area contributed by atoms with Gasteiger partial charge < -0.3 is 10.4 Å². The van der Waals surface area contributed by atoms with Crippen LogP contribution >= 0.6 is 11.6 Å². The van der Waals surface area contributed by atoms with E-state index in [0.29, 0.717) is 11.6 Å². The van der Waals surface area contributed by atoms with Crippen LogP contribution in [-0.2, 0) is 4.79 Å². The molecule has 3 aromatic carbocycles. The van der Waals surface area contributed by atoms with E-state index < -0.39 is 6.10 Å². The fourth-order valence-electron chi connectivity index (χ4n) is 4.42. The van der Waals surface area contributed by atoms with Crippen LogP contribution in [-0.4, -0.2) is 35.5 Å². The average Bonchev–Trinajstić information content (AvgIpc) is 2.84. The summed E-state index contributed by atoms with van der Waals surface area (Å²) < 4.78 is 0. The lowest BCUT2D eigenvalue weighted by atomic mass is 9.87. The van der Waals surface area contributed by atoms with Crippen LogP contribution in [0.15, 0.2) is 84.9 Å². The van der Waals surface area contributed by atoms with Gasteiger partial charge in [-0.15, -0.1) is 0 Å². The van der Waals surface area contributed by atoms with Crippen molar-refractivity contribution in [3.05, 3.63) is 107 Å². The Balaban J connectivity index is 1.35. The van der Waals surface area contributed by atoms with Crippen molar-refractivity contribution in [2.24, 2.45) is 5.92 Å². The van der Waals surface area contributed by atoms with E-state index in [1.807, 2.05) is 84.9 Å². The second-order valence-corrected chi connectivity index (χ2v) is 8.87. The molecule has 1 saturated heterocycles. The summed E-state index contributed by atoms with van der Waals surface area (Å²) in [4.78, 5) is 15.1. The minimum Gasteiger partial charge on any atom is -0.388 e. The molecule has 0 aliphatic carbocycles. The molecule has 2 atom stereocenters. The third-order valence-electron chi connectivity index (χ3n) is 6.23. The van der Waals surface area contributed by atoms with Crippen LogP contribution in [0.1, 0.15) is 41.7 Å². The second-order valence-electron chi connectivity index (χ2n) is 8.43. The first-order valence-corrected chi connectivity index (χ1v) is 11.5. The third-order valence-corrected chi connectivity index (χ3v) is 6.48. The highest BCUT2D eigenvalue weighted by atomic mass is 35.5. The van der Waals surface area contributed by atoms with Gasteiger partial charge in [0.1, 0.15) is 0 Å². The largest absolute Gasteiger partial charge is 0.388 e. The Bertz CT molecular complexity index is 987. The van der Waals surface area contributed by atoms with Crippen molar-refractivity contribution >= 4 is 17.5 Å². The molecule has 1 aliphatic heterocycles. The molecular formula is C27H29ClN2O2. The highest BCUT2D eigenvalue weighted by Crippen LogP contribution is 2.30. The van der Waals surface area contributed by atoms with Gasteiger partial charge in [0.05, 0.1) is 18.7 Å². The summed E-state index contributed by atoms with van der Waals surface area (Å²) in [5, 5.41) is 14.6. The van der Waals surface area contributed by atoms with Crippen molar-refractivity contribution in [3.63, 3.8) is 0 Å². The van der Waals surface area contributed by atoms with Crippen molar-refractivity contribution in [3.8, 4) is 0 Å². The maximum Gasteiger partial charge on any atom is 0.234 e. The first-order valence-electron chi connectivity index (χ1n) is 11.2. The van der Waals surface area contributed by atoms with E-state index in [-0.39, 0.29) is 17.9 Å². The number of halogens is 1. The van der Waals surface area contributed by atoms with Gasteiger partial charge in [-0.1, -0.05) is 84.4 Å². The summed E-state index contributed by atoms with van der Waals surface area (Å²) in [6, 6.07) is 27.2. The molecule has 0 radical (unpaired) electrons. The van der Waals surface area contributed by atoms with Crippen LogP contribution in [0.2, 0.25) is 5.02 Å². The van der Waals surface area contributed by atoms with Crippen LogP contribution in [0.25, 0.3) is 0 Å². The van der Waals surface area contributed by atoms with Crippen LogP contribution in [0, 0.1) is 5.92 Å². The molecule has 3 aromatic rings. The van der Waals surface area contributed by atoms with E-state index >= 15 is 0 Å². The summed E-state index contributed by atoms with van der Waals surface area (Å²) in [6.45, 7) is 1.96. The van der Waals surface area contributed by atoms with Gasteiger partial charge in [-0.05, 0) is 60.7 Å². The Morgan fingerprint density at radius 2 is 1.41 bits per heavy atom. The number of piperidine rings is 1. The predicted molar refractivity (Wildman–Crippen MR) is 128 cm³/mol. The number of likely N-dealkylation sites (tertiary alicyclic amines) is 1. The van der Waals surface area contributed by atoms with Gasteiger partial charge in [0.25, 0.3) is 0 Å². The molecular weight excluding hydrogens is 420 g/mol. The van der Waals surface area contributed by atoms with Crippen LogP contribution in [0.4, 0.5) is 0 Å². The summed E-state index contributed by atoms with van der Waals surface area (Å²) in [6.07, 6.45) is 1.31. The molecule has 166 valence electrons. The zero-order valence-electron chi connectivity index (χ0n) is 18.0. The lowest BCUT2D eigenvalue weighted by molar-refractivity contribution is -0.123. The molecule has 5 heteroatoms. The lowest BCUT2D eigenvalue weighted by Gasteiger charge is -2.34. The zero-order chi connectivity index (χ0) is 22.3. The summed E-state index contributed by atoms with van der Waals surface area (Å²) >= 11 is 6.06. The number of benzene rings is 3. The molecule has 4 rings (SSSR count). The third kappa shape index (κ3) is 5.77. The van der Waals surface area contributed by atoms with E-state index in [9.17, 15) is 9.90 Å². The fraction of sp³-hybridized carbons (Fsp3) is 0.296. The number of aliphatic hydroxyl groups excluding tert-OH is 1. The maximum atomic E-state index is 12.9. The van der Waals surface area contributed by atoms with Crippen LogP contribution in [0.3, 0.4) is 0 Å². The van der Waals surface area contributed by atoms with Gasteiger partial charge >= 0.3 is 0 Å². The molecule has 0 saturated carbocycles. The predicted octanol–water partition coefficient (Wildman–Crippen LogP) is 4.99. The number of carbonyl (C=O) groups is 1. The first kappa shape index (κ1) is 22.5. The number of nitrogens with one attached hydrogen (secondary N) is 1. The Morgan fingerprint density at radius 1 is 0.875 bits per heavy atom. The van der Waals surface area contributed by atoms with Crippen molar-refractivity contribution in [2.75, 3.05) is 19.6 Å². The van der Waals surface area contributed by atoms with E-state index in [4.69, 9.17) is 11.6 Å². The maximum absolute atomic E-state index is 12.9. The van der Waals surface area contributed by atoms with Crippen LogP contribution < -0.4 is 5.32 Å². The van der Waals surface area contributed by atoms with Gasteiger partial charge in [-0.3, -0.25) is 9.69 Å². The Kier molecular flexibility index (Phi) is 7.59. The number of hydrogen-bond acceptors (Lipinski definition) is 3. The van der Waals surface area contributed by atoms with Gasteiger partial charge in [-0.25, -0.2) is 0 Å². The van der Waals surface area contributed by atoms with Crippen molar-refractivity contribution in [1.29, 1.82) is 0 Å². The summed E-state index contributed by atoms with van der Waals surface area (Å²) in [7, 11) is 0. The SMILES string of the molecule is O=C(CN1CCC(C(O)c2ccccc2)CC1)NC(c1ccccc1)c1ccc(Cl)cc1. The molecule has 2 unspecified atom stereocenters. The average molecular weight is 449 g/mol. The Hall–Kier alpha value is -2.66. The molecule has 2 N–H and O–H groups in total. The second kappa shape index (κ2) is 10.8. The normalized spacial score (nSPS) is 16.9. The summed E-state index contributed by atoms with van der Waals surface area (Å²) in [5.41, 5.74) is 3.00. The minimum atomic E-state index is -0.445. The lowest BCUT2D eigenvalue weighted by Crippen LogP contribution is -2.43. The smallest absolute Gasteiger partial charge is 0.234 e. The van der Waals surface area contributed by atoms with E-state index in [0.717, 1.165) is 42.6 Å². The number of hydrogen-bond donors (Lipinski definition) is 2. The molecule has 4 nitrogen and oxygen atoms in total. The monoisotopic (exact) mass is 448 g/mol. The van der Waals surface area contributed by atoms with Crippen molar-refractivity contribution in [1.82, 2.24) is 10.2 Å². The number of nitrogens with zero attached hydrogens (tertiary/aromatic N) is 1. The first-order chi connectivity index (χ1) is 15.6. The number of aliphatic hydroxyl groups is 1. The van der Waals surface area contributed by atoms with E-state index in [1.54, 1.807) is 0 Å². The van der Waals surface area contributed by atoms with E-state index in [2.05, 4.69) is 10.2 Å². The highest BCUT2D eigenvalue weighted by Gasteiger charge is 2.27. The Labute approximate surface area is 194 Å². The van der Waals surface area contributed by atoms with E-state index in [1.165, 1.54) is 0 Å². The number of amides is 1. The summed E-state index contributed by atoms with van der Waals surface area (Å²) in [5.74, 6) is 0.221. The van der Waals surface area contributed by atoms with Crippen molar-refractivity contribution < 1.29 is 9.90 Å². The van der Waals surface area contributed by atoms with Gasteiger partial charge in [0.15, 0.2) is 0 Å². The molecule has 0 aromatic heterocycles. The fourth-order valence-corrected chi connectivity index (χ4v) is 4.54. The molecule has 0 spiro atoms. The molecule has 1 heterocycles. The molecule has 1 fully saturated rings. The molecule has 32 heavy (non-hydrogen) atoms. The number of carbonyl (C=O) groups excluding carboxylic acids is 1.